The maximum absolute atomic E-state index is 11.7. The van der Waals surface area contributed by atoms with Crippen molar-refractivity contribution in [1.82, 2.24) is 10.6 Å². The third-order valence-electron chi connectivity index (χ3n) is 3.46. The van der Waals surface area contributed by atoms with Gasteiger partial charge in [0.2, 0.25) is 6.79 Å². The van der Waals surface area contributed by atoms with Gasteiger partial charge in [-0.3, -0.25) is 9.59 Å². The van der Waals surface area contributed by atoms with Crippen LogP contribution in [-0.2, 0) is 15.2 Å². The van der Waals surface area contributed by atoms with Gasteiger partial charge < -0.3 is 25.2 Å². The second-order valence-corrected chi connectivity index (χ2v) is 6.13. The molecule has 1 aliphatic rings. The number of ether oxygens (including phenoxy) is 2. The van der Waals surface area contributed by atoms with E-state index in [0.717, 1.165) is 0 Å². The van der Waals surface area contributed by atoms with Crippen molar-refractivity contribution < 1.29 is 24.2 Å². The monoisotopic (exact) mass is 322 g/mol. The van der Waals surface area contributed by atoms with Crippen molar-refractivity contribution in [2.75, 3.05) is 19.9 Å². The smallest absolute Gasteiger partial charge is 0.309 e. The number of hydrogen-bond donors (Lipinski definition) is 3. The fourth-order valence-corrected chi connectivity index (χ4v) is 2.04. The molecule has 0 saturated heterocycles. The van der Waals surface area contributed by atoms with Gasteiger partial charge in [0.25, 0.3) is 0 Å². The summed E-state index contributed by atoms with van der Waals surface area (Å²) in [5.74, 6) is -0.0687. The molecule has 0 radical (unpaired) electrons. The summed E-state index contributed by atoms with van der Waals surface area (Å²) in [5, 5.41) is 15.5. The summed E-state index contributed by atoms with van der Waals surface area (Å²) in [6, 6.07) is 5.05. The maximum atomic E-state index is 11.7. The quantitative estimate of drug-likeness (QED) is 0.686. The van der Waals surface area contributed by atoms with Crippen LogP contribution in [0.3, 0.4) is 0 Å². The summed E-state index contributed by atoms with van der Waals surface area (Å²) in [6.07, 6.45) is 0. The largest absolute Gasteiger partial charge is 0.454 e. The van der Waals surface area contributed by atoms with Crippen molar-refractivity contribution in [3.05, 3.63) is 23.8 Å². The summed E-state index contributed by atoms with van der Waals surface area (Å²) in [7, 11) is 0. The first-order valence-electron chi connectivity index (χ1n) is 7.48. The van der Waals surface area contributed by atoms with Gasteiger partial charge in [-0.05, 0) is 30.5 Å². The first-order valence-corrected chi connectivity index (χ1v) is 7.48. The van der Waals surface area contributed by atoms with Gasteiger partial charge in [-0.2, -0.15) is 0 Å². The zero-order valence-corrected chi connectivity index (χ0v) is 13.5. The molecule has 1 aromatic carbocycles. The van der Waals surface area contributed by atoms with Crippen molar-refractivity contribution in [2.45, 2.75) is 26.4 Å². The second kappa shape index (κ2) is 6.87. The minimum atomic E-state index is -1.34. The van der Waals surface area contributed by atoms with Gasteiger partial charge in [0.15, 0.2) is 11.5 Å². The van der Waals surface area contributed by atoms with E-state index in [9.17, 15) is 14.7 Å². The Morgan fingerprint density at radius 2 is 1.87 bits per heavy atom. The van der Waals surface area contributed by atoms with E-state index in [0.29, 0.717) is 23.6 Å². The Morgan fingerprint density at radius 3 is 2.57 bits per heavy atom. The number of rotatable bonds is 5. The highest BCUT2D eigenvalue weighted by atomic mass is 16.7. The van der Waals surface area contributed by atoms with E-state index in [-0.39, 0.29) is 19.3 Å². The molecule has 7 heteroatoms. The van der Waals surface area contributed by atoms with Crippen LogP contribution >= 0.6 is 0 Å². The zero-order valence-electron chi connectivity index (χ0n) is 13.5. The Hall–Kier alpha value is -2.28. The van der Waals surface area contributed by atoms with E-state index in [4.69, 9.17) is 9.47 Å². The van der Waals surface area contributed by atoms with Crippen molar-refractivity contribution >= 4 is 11.8 Å². The second-order valence-electron chi connectivity index (χ2n) is 6.13. The van der Waals surface area contributed by atoms with Crippen LogP contribution in [0.5, 0.6) is 11.5 Å². The van der Waals surface area contributed by atoms with E-state index in [1.165, 1.54) is 0 Å². The Bertz CT molecular complexity index is 598. The topological polar surface area (TPSA) is 96.9 Å². The molecule has 1 unspecified atom stereocenters. The van der Waals surface area contributed by atoms with Gasteiger partial charge in [0, 0.05) is 6.54 Å². The van der Waals surface area contributed by atoms with Gasteiger partial charge in [0.05, 0.1) is 6.54 Å². The first-order chi connectivity index (χ1) is 10.8. The lowest BCUT2D eigenvalue weighted by molar-refractivity contribution is -0.139. The fourth-order valence-electron chi connectivity index (χ4n) is 2.04. The average molecular weight is 322 g/mol. The van der Waals surface area contributed by atoms with Crippen molar-refractivity contribution in [3.8, 4) is 11.5 Å². The standard InChI is InChI=1S/C16H22N2O5/c1-10(2)7-17-14(19)15(20)18-8-16(3,21)11-4-5-12-13(6-11)23-9-22-12/h4-6,10,21H,7-9H2,1-3H3,(H,17,19)(H,18,20). The molecule has 0 aromatic heterocycles. The Balaban J connectivity index is 1.93. The number of hydrogen-bond acceptors (Lipinski definition) is 5. The molecular formula is C16H22N2O5. The molecule has 1 aromatic rings. The predicted octanol–water partition coefficient (Wildman–Crippen LogP) is 0.511. The van der Waals surface area contributed by atoms with Gasteiger partial charge in [-0.1, -0.05) is 19.9 Å². The summed E-state index contributed by atoms with van der Waals surface area (Å²) in [4.78, 5) is 23.4. The van der Waals surface area contributed by atoms with Crippen LogP contribution < -0.4 is 20.1 Å². The number of nitrogens with one attached hydrogen (secondary N) is 2. The van der Waals surface area contributed by atoms with Crippen LogP contribution in [0.25, 0.3) is 0 Å². The third kappa shape index (κ3) is 4.35. The Morgan fingerprint density at radius 1 is 1.22 bits per heavy atom. The highest BCUT2D eigenvalue weighted by Crippen LogP contribution is 2.35. The lowest BCUT2D eigenvalue weighted by Gasteiger charge is -2.24. The van der Waals surface area contributed by atoms with Gasteiger partial charge in [0.1, 0.15) is 5.60 Å². The number of benzene rings is 1. The summed E-state index contributed by atoms with van der Waals surface area (Å²) in [6.45, 7) is 5.89. The average Bonchev–Trinajstić information content (AvgIpc) is 2.97. The first kappa shape index (κ1) is 17.1. The third-order valence-corrected chi connectivity index (χ3v) is 3.46. The molecule has 0 spiro atoms. The molecule has 7 nitrogen and oxygen atoms in total. The highest BCUT2D eigenvalue weighted by molar-refractivity contribution is 6.35. The maximum Gasteiger partial charge on any atom is 0.309 e. The summed E-state index contributed by atoms with van der Waals surface area (Å²) in [5.41, 5.74) is -0.778. The number of amides is 2. The molecule has 0 saturated carbocycles. The minimum Gasteiger partial charge on any atom is -0.454 e. The molecule has 1 atom stereocenters. The molecule has 2 amide bonds. The Labute approximate surface area is 135 Å². The molecule has 126 valence electrons. The van der Waals surface area contributed by atoms with Crippen LogP contribution in [0.4, 0.5) is 0 Å². The van der Waals surface area contributed by atoms with Gasteiger partial charge >= 0.3 is 11.8 Å². The van der Waals surface area contributed by atoms with Gasteiger partial charge in [-0.15, -0.1) is 0 Å². The molecule has 0 aliphatic carbocycles. The van der Waals surface area contributed by atoms with E-state index in [2.05, 4.69) is 10.6 Å². The molecule has 23 heavy (non-hydrogen) atoms. The van der Waals surface area contributed by atoms with Crippen molar-refractivity contribution in [2.24, 2.45) is 5.92 Å². The number of carbonyl (C=O) groups is 2. The summed E-state index contributed by atoms with van der Waals surface area (Å²) >= 11 is 0. The highest BCUT2D eigenvalue weighted by Gasteiger charge is 2.27. The number of carbonyl (C=O) groups excluding carboxylic acids is 2. The van der Waals surface area contributed by atoms with Crippen molar-refractivity contribution in [3.63, 3.8) is 0 Å². The number of aliphatic hydroxyl groups is 1. The normalized spacial score (nSPS) is 15.2. The van der Waals surface area contributed by atoms with E-state index >= 15 is 0 Å². The summed E-state index contributed by atoms with van der Waals surface area (Å²) < 4.78 is 10.5. The van der Waals surface area contributed by atoms with E-state index < -0.39 is 17.4 Å². The van der Waals surface area contributed by atoms with E-state index in [1.54, 1.807) is 25.1 Å². The number of fused-ring (bicyclic) bond motifs is 1. The minimum absolute atomic E-state index is 0.0967. The van der Waals surface area contributed by atoms with Crippen molar-refractivity contribution in [1.29, 1.82) is 0 Å². The van der Waals surface area contributed by atoms with Crippen LogP contribution in [0.1, 0.15) is 26.3 Å². The fraction of sp³-hybridized carbons (Fsp3) is 0.500. The lowest BCUT2D eigenvalue weighted by Crippen LogP contribution is -2.46. The van der Waals surface area contributed by atoms with E-state index in [1.807, 2.05) is 13.8 Å². The molecule has 3 N–H and O–H groups in total. The van der Waals surface area contributed by atoms with Crippen LogP contribution in [0.2, 0.25) is 0 Å². The van der Waals surface area contributed by atoms with Crippen LogP contribution in [0, 0.1) is 5.92 Å². The van der Waals surface area contributed by atoms with Gasteiger partial charge in [-0.25, -0.2) is 0 Å². The Kier molecular flexibility index (Phi) is 5.10. The molecule has 0 bridgehead atoms. The molecule has 1 heterocycles. The molecule has 1 aliphatic heterocycles. The zero-order chi connectivity index (χ0) is 17.0. The van der Waals surface area contributed by atoms with Crippen LogP contribution in [0.15, 0.2) is 18.2 Å². The predicted molar refractivity (Wildman–Crippen MR) is 83.0 cm³/mol. The molecular weight excluding hydrogens is 300 g/mol. The molecule has 2 rings (SSSR count). The van der Waals surface area contributed by atoms with Crippen LogP contribution in [-0.4, -0.2) is 36.8 Å². The molecule has 0 fully saturated rings. The SMILES string of the molecule is CC(C)CNC(=O)C(=O)NCC(C)(O)c1ccc2c(c1)OCO2. The lowest BCUT2D eigenvalue weighted by atomic mass is 9.95.